The van der Waals surface area contributed by atoms with Crippen LogP contribution in [0.4, 0.5) is 4.79 Å². The summed E-state index contributed by atoms with van der Waals surface area (Å²) in [5.41, 5.74) is -0.699. The third-order valence-electron chi connectivity index (χ3n) is 5.04. The number of urea groups is 1. The van der Waals surface area contributed by atoms with Crippen LogP contribution in [0.3, 0.4) is 0 Å². The van der Waals surface area contributed by atoms with Crippen molar-refractivity contribution in [2.24, 2.45) is 0 Å². The van der Waals surface area contributed by atoms with E-state index in [0.717, 1.165) is 12.8 Å². The first-order valence-corrected chi connectivity index (χ1v) is 9.12. The van der Waals surface area contributed by atoms with E-state index in [1.165, 1.54) is 4.90 Å². The lowest BCUT2D eigenvalue weighted by Crippen LogP contribution is -2.44. The summed E-state index contributed by atoms with van der Waals surface area (Å²) >= 11 is 0. The minimum absolute atomic E-state index is 0.0211. The minimum atomic E-state index is -0.699. The van der Waals surface area contributed by atoms with Gasteiger partial charge in [-0.3, -0.25) is 19.3 Å². The van der Waals surface area contributed by atoms with Gasteiger partial charge in [0.1, 0.15) is 5.54 Å². The normalized spacial score (nSPS) is 18.6. The highest BCUT2D eigenvalue weighted by atomic mass is 16.2. The zero-order valence-electron chi connectivity index (χ0n) is 15.1. The van der Waals surface area contributed by atoms with Crippen molar-refractivity contribution in [1.82, 2.24) is 20.4 Å². The highest BCUT2D eigenvalue weighted by molar-refractivity contribution is 6.07. The molecule has 1 aliphatic heterocycles. The average Bonchev–Trinajstić information content (AvgIpc) is 3.14. The number of imide groups is 1. The molecule has 2 N–H and O–H groups in total. The minimum Gasteiger partial charge on any atom is -0.347 e. The predicted octanol–water partition coefficient (Wildman–Crippen LogP) is 0.616. The number of hydrogen-bond acceptors (Lipinski definition) is 4. The van der Waals surface area contributed by atoms with Gasteiger partial charge in [0.25, 0.3) is 5.91 Å². The van der Waals surface area contributed by atoms with Gasteiger partial charge >= 0.3 is 6.03 Å². The number of hydrogen-bond donors (Lipinski definition) is 2. The molecule has 1 aliphatic carbocycles. The maximum Gasteiger partial charge on any atom is 0.325 e. The van der Waals surface area contributed by atoms with Crippen molar-refractivity contribution < 1.29 is 19.2 Å². The highest BCUT2D eigenvalue weighted by Crippen LogP contribution is 2.35. The molecule has 1 spiro atoms. The highest BCUT2D eigenvalue weighted by Gasteiger charge is 2.51. The van der Waals surface area contributed by atoms with Crippen LogP contribution in [0.1, 0.15) is 52.4 Å². The molecule has 8 heteroatoms. The van der Waals surface area contributed by atoms with E-state index in [2.05, 4.69) is 10.6 Å². The second-order valence-electron chi connectivity index (χ2n) is 6.62. The molecule has 0 radical (unpaired) electrons. The van der Waals surface area contributed by atoms with Gasteiger partial charge in [0, 0.05) is 26.1 Å². The quantitative estimate of drug-likeness (QED) is 0.626. The topological polar surface area (TPSA) is 98.8 Å². The average molecular weight is 352 g/mol. The monoisotopic (exact) mass is 352 g/mol. The second kappa shape index (κ2) is 8.31. The van der Waals surface area contributed by atoms with E-state index in [-0.39, 0.29) is 43.3 Å². The third kappa shape index (κ3) is 4.29. The first kappa shape index (κ1) is 19.2. The summed E-state index contributed by atoms with van der Waals surface area (Å²) in [5, 5.41) is 5.41. The van der Waals surface area contributed by atoms with Crippen molar-refractivity contribution >= 4 is 23.8 Å². The molecule has 2 aliphatic rings. The Morgan fingerprint density at radius 1 is 1.20 bits per heavy atom. The zero-order valence-corrected chi connectivity index (χ0v) is 15.1. The van der Waals surface area contributed by atoms with Gasteiger partial charge in [0.2, 0.25) is 11.8 Å². The van der Waals surface area contributed by atoms with Gasteiger partial charge < -0.3 is 15.5 Å². The van der Waals surface area contributed by atoms with E-state index < -0.39 is 5.54 Å². The zero-order chi connectivity index (χ0) is 18.4. The van der Waals surface area contributed by atoms with Crippen LogP contribution in [0.15, 0.2) is 0 Å². The largest absolute Gasteiger partial charge is 0.347 e. The first-order chi connectivity index (χ1) is 11.9. The number of nitrogens with one attached hydrogen (secondary N) is 2. The van der Waals surface area contributed by atoms with Crippen LogP contribution in [0.5, 0.6) is 0 Å². The standard InChI is InChI=1S/C17H28N4O4/c1-3-20(4-2)14(23)12-18-13(22)8-7-11-21-15(24)17(19-16(21)25)9-5-6-10-17/h3-12H2,1-2H3,(H,18,22)(H,19,25). The van der Waals surface area contributed by atoms with Crippen molar-refractivity contribution in [1.29, 1.82) is 0 Å². The van der Waals surface area contributed by atoms with E-state index in [9.17, 15) is 19.2 Å². The van der Waals surface area contributed by atoms with Crippen LogP contribution < -0.4 is 10.6 Å². The number of carbonyl (C=O) groups excluding carboxylic acids is 4. The molecule has 0 aromatic heterocycles. The van der Waals surface area contributed by atoms with Gasteiger partial charge in [-0.25, -0.2) is 4.79 Å². The molecule has 140 valence electrons. The van der Waals surface area contributed by atoms with Gasteiger partial charge in [-0.05, 0) is 33.1 Å². The lowest BCUT2D eigenvalue weighted by molar-refractivity contribution is -0.132. The SMILES string of the molecule is CCN(CC)C(=O)CNC(=O)CCCN1C(=O)NC2(CCCC2)C1=O. The van der Waals surface area contributed by atoms with Gasteiger partial charge in [-0.1, -0.05) is 12.8 Å². The van der Waals surface area contributed by atoms with E-state index in [1.54, 1.807) is 4.90 Å². The Balaban J connectivity index is 1.71. The van der Waals surface area contributed by atoms with Crippen LogP contribution in [0, 0.1) is 0 Å². The fourth-order valence-electron chi connectivity index (χ4n) is 3.55. The number of carbonyl (C=O) groups is 4. The van der Waals surface area contributed by atoms with E-state index in [1.807, 2.05) is 13.8 Å². The van der Waals surface area contributed by atoms with Crippen LogP contribution >= 0.6 is 0 Å². The molecular weight excluding hydrogens is 324 g/mol. The molecule has 0 aromatic carbocycles. The molecule has 8 nitrogen and oxygen atoms in total. The lowest BCUT2D eigenvalue weighted by Gasteiger charge is -2.20. The van der Waals surface area contributed by atoms with Crippen molar-refractivity contribution in [3.63, 3.8) is 0 Å². The molecule has 25 heavy (non-hydrogen) atoms. The van der Waals surface area contributed by atoms with E-state index >= 15 is 0 Å². The summed E-state index contributed by atoms with van der Waals surface area (Å²) < 4.78 is 0. The number of nitrogens with zero attached hydrogens (tertiary/aromatic N) is 2. The molecule has 0 unspecified atom stereocenters. The Morgan fingerprint density at radius 3 is 2.44 bits per heavy atom. The van der Waals surface area contributed by atoms with Gasteiger partial charge in [-0.2, -0.15) is 0 Å². The molecule has 1 saturated heterocycles. The Kier molecular flexibility index (Phi) is 6.39. The summed E-state index contributed by atoms with van der Waals surface area (Å²) in [5.74, 6) is -0.522. The Labute approximate surface area is 148 Å². The van der Waals surface area contributed by atoms with Crippen molar-refractivity contribution in [2.45, 2.75) is 57.9 Å². The van der Waals surface area contributed by atoms with Crippen molar-refractivity contribution in [3.05, 3.63) is 0 Å². The van der Waals surface area contributed by atoms with Crippen LogP contribution in [0.2, 0.25) is 0 Å². The fourth-order valence-corrected chi connectivity index (χ4v) is 3.55. The summed E-state index contributed by atoms with van der Waals surface area (Å²) in [4.78, 5) is 51.0. The van der Waals surface area contributed by atoms with Gasteiger partial charge in [-0.15, -0.1) is 0 Å². The molecule has 1 heterocycles. The Bertz CT molecular complexity index is 539. The van der Waals surface area contributed by atoms with E-state index in [0.29, 0.717) is 32.4 Å². The molecule has 0 bridgehead atoms. The molecule has 0 aromatic rings. The number of likely N-dealkylation sites (N-methyl/N-ethyl adjacent to an activating group) is 1. The maximum atomic E-state index is 12.5. The molecule has 5 amide bonds. The number of rotatable bonds is 8. The summed E-state index contributed by atoms with van der Waals surface area (Å²) in [6.45, 7) is 5.20. The van der Waals surface area contributed by atoms with Crippen LogP contribution in [-0.2, 0) is 14.4 Å². The third-order valence-corrected chi connectivity index (χ3v) is 5.04. The van der Waals surface area contributed by atoms with Crippen molar-refractivity contribution in [3.8, 4) is 0 Å². The summed E-state index contributed by atoms with van der Waals surface area (Å²) in [7, 11) is 0. The van der Waals surface area contributed by atoms with Crippen LogP contribution in [0.25, 0.3) is 0 Å². The maximum absolute atomic E-state index is 12.5. The van der Waals surface area contributed by atoms with Crippen LogP contribution in [-0.4, -0.2) is 65.3 Å². The molecule has 0 atom stereocenters. The molecule has 2 fully saturated rings. The fraction of sp³-hybridized carbons (Fsp3) is 0.765. The smallest absolute Gasteiger partial charge is 0.325 e. The summed E-state index contributed by atoms with van der Waals surface area (Å²) in [6, 6.07) is -0.357. The summed E-state index contributed by atoms with van der Waals surface area (Å²) in [6.07, 6.45) is 3.85. The number of amides is 5. The predicted molar refractivity (Wildman–Crippen MR) is 91.6 cm³/mol. The Hall–Kier alpha value is -2.12. The lowest BCUT2D eigenvalue weighted by atomic mass is 9.98. The first-order valence-electron chi connectivity index (χ1n) is 9.12. The van der Waals surface area contributed by atoms with E-state index in [4.69, 9.17) is 0 Å². The molecular formula is C17H28N4O4. The van der Waals surface area contributed by atoms with Crippen molar-refractivity contribution in [2.75, 3.05) is 26.2 Å². The second-order valence-corrected chi connectivity index (χ2v) is 6.62. The molecule has 2 rings (SSSR count). The Morgan fingerprint density at radius 2 is 1.84 bits per heavy atom. The van der Waals surface area contributed by atoms with Gasteiger partial charge in [0.05, 0.1) is 6.54 Å². The molecule has 1 saturated carbocycles. The van der Waals surface area contributed by atoms with Gasteiger partial charge in [0.15, 0.2) is 0 Å².